The lowest BCUT2D eigenvalue weighted by Gasteiger charge is -1.97. The zero-order valence-corrected chi connectivity index (χ0v) is 10.0. The van der Waals surface area contributed by atoms with Gasteiger partial charge in [0.1, 0.15) is 0 Å². The van der Waals surface area contributed by atoms with Gasteiger partial charge in [0.05, 0.1) is 6.61 Å². The molecule has 2 aromatic rings. The van der Waals surface area contributed by atoms with Crippen molar-refractivity contribution in [2.75, 3.05) is 13.2 Å². The fourth-order valence-electron chi connectivity index (χ4n) is 1.30. The summed E-state index contributed by atoms with van der Waals surface area (Å²) in [7, 11) is 0. The molecule has 0 radical (unpaired) electrons. The Bertz CT molecular complexity index is 556. The van der Waals surface area contributed by atoms with E-state index in [0.717, 1.165) is 0 Å². The maximum absolute atomic E-state index is 11.5. The highest BCUT2D eigenvalue weighted by atomic mass is 35.5. The van der Waals surface area contributed by atoms with E-state index >= 15 is 0 Å². The van der Waals surface area contributed by atoms with Gasteiger partial charge in [0.25, 0.3) is 0 Å². The normalized spacial score (nSPS) is 10.3. The van der Waals surface area contributed by atoms with Gasteiger partial charge in [0.15, 0.2) is 0 Å². The van der Waals surface area contributed by atoms with E-state index in [1.165, 1.54) is 0 Å². The van der Waals surface area contributed by atoms with Crippen LogP contribution in [-0.2, 0) is 0 Å². The van der Waals surface area contributed by atoms with E-state index in [-0.39, 0.29) is 24.9 Å². The van der Waals surface area contributed by atoms with Crippen LogP contribution in [0.2, 0.25) is 5.02 Å². The predicted octanol–water partition coefficient (Wildman–Crippen LogP) is 1.11. The lowest BCUT2D eigenvalue weighted by molar-refractivity contribution is 0.0911. The molecule has 6 nitrogen and oxygen atoms in total. The predicted molar refractivity (Wildman–Crippen MR) is 64.2 cm³/mol. The van der Waals surface area contributed by atoms with Crippen LogP contribution >= 0.6 is 11.6 Å². The molecule has 0 unspecified atom stereocenters. The summed E-state index contributed by atoms with van der Waals surface area (Å²) in [5.41, 5.74) is 0.635. The molecule has 18 heavy (non-hydrogen) atoms. The first kappa shape index (κ1) is 12.5. The van der Waals surface area contributed by atoms with Crippen LogP contribution in [0.15, 0.2) is 28.7 Å². The Hall–Kier alpha value is -1.92. The molecule has 2 N–H and O–H groups in total. The average Bonchev–Trinajstić information content (AvgIpc) is 2.85. The van der Waals surface area contributed by atoms with Crippen LogP contribution in [0, 0.1) is 0 Å². The Morgan fingerprint density at radius 3 is 3.00 bits per heavy atom. The van der Waals surface area contributed by atoms with E-state index in [4.69, 9.17) is 21.1 Å². The molecule has 0 atom stereocenters. The summed E-state index contributed by atoms with van der Waals surface area (Å²) in [4.78, 5) is 11.5. The molecule has 1 aromatic carbocycles. The summed E-state index contributed by atoms with van der Waals surface area (Å²) in [6, 6.07) is 6.86. The number of aromatic nitrogens is 2. The first-order valence-corrected chi connectivity index (χ1v) is 5.57. The number of benzene rings is 1. The molecule has 0 bridgehead atoms. The first-order chi connectivity index (χ1) is 8.70. The van der Waals surface area contributed by atoms with Crippen LogP contribution in [-0.4, -0.2) is 34.4 Å². The number of carbonyl (C=O) groups is 1. The summed E-state index contributed by atoms with van der Waals surface area (Å²) in [5, 5.41) is 18.9. The van der Waals surface area contributed by atoms with Crippen molar-refractivity contribution in [3.05, 3.63) is 35.2 Å². The molecule has 0 aliphatic carbocycles. The summed E-state index contributed by atoms with van der Waals surface area (Å²) in [6.45, 7) is -0.0191. The third kappa shape index (κ3) is 2.85. The number of rotatable bonds is 4. The Labute approximate surface area is 108 Å². The Morgan fingerprint density at radius 2 is 2.28 bits per heavy atom. The van der Waals surface area contributed by atoms with Gasteiger partial charge >= 0.3 is 11.8 Å². The van der Waals surface area contributed by atoms with Gasteiger partial charge in [-0.3, -0.25) is 4.79 Å². The van der Waals surface area contributed by atoms with Crippen molar-refractivity contribution in [3.8, 4) is 11.5 Å². The molecule has 1 amide bonds. The summed E-state index contributed by atoms with van der Waals surface area (Å²) >= 11 is 5.84. The molecule has 0 aliphatic rings. The van der Waals surface area contributed by atoms with Gasteiger partial charge in [-0.05, 0) is 18.2 Å². The number of aliphatic hydroxyl groups is 1. The van der Waals surface area contributed by atoms with Gasteiger partial charge in [0, 0.05) is 17.1 Å². The number of nitrogens with zero attached hydrogens (tertiary/aromatic N) is 2. The van der Waals surface area contributed by atoms with E-state index < -0.39 is 5.91 Å². The molecule has 0 saturated carbocycles. The van der Waals surface area contributed by atoms with Gasteiger partial charge in [-0.2, -0.15) is 0 Å². The third-order valence-electron chi connectivity index (χ3n) is 2.09. The number of carbonyl (C=O) groups excluding carboxylic acids is 1. The van der Waals surface area contributed by atoms with Gasteiger partial charge in [-0.15, -0.1) is 10.2 Å². The fourth-order valence-corrected chi connectivity index (χ4v) is 1.49. The second-order valence-corrected chi connectivity index (χ2v) is 3.84. The molecular weight excluding hydrogens is 258 g/mol. The number of nitrogens with one attached hydrogen (secondary N) is 1. The van der Waals surface area contributed by atoms with Gasteiger partial charge in [0.2, 0.25) is 5.89 Å². The van der Waals surface area contributed by atoms with Crippen LogP contribution in [0.3, 0.4) is 0 Å². The van der Waals surface area contributed by atoms with E-state index in [9.17, 15) is 4.79 Å². The van der Waals surface area contributed by atoms with Crippen LogP contribution in [0.25, 0.3) is 11.5 Å². The molecule has 1 aromatic heterocycles. The number of halogens is 1. The van der Waals surface area contributed by atoms with E-state index in [1.807, 2.05) is 0 Å². The SMILES string of the molecule is O=C(NCCO)c1nnc(-c2cccc(Cl)c2)o1. The highest BCUT2D eigenvalue weighted by molar-refractivity contribution is 6.30. The van der Waals surface area contributed by atoms with Crippen molar-refractivity contribution in [2.24, 2.45) is 0 Å². The molecular formula is C11H10ClN3O3. The van der Waals surface area contributed by atoms with Crippen LogP contribution in [0.5, 0.6) is 0 Å². The molecule has 1 heterocycles. The molecule has 94 valence electrons. The van der Waals surface area contributed by atoms with Crippen LogP contribution in [0.1, 0.15) is 10.7 Å². The van der Waals surface area contributed by atoms with Gasteiger partial charge < -0.3 is 14.8 Å². The maximum atomic E-state index is 11.5. The minimum atomic E-state index is -0.523. The quantitative estimate of drug-likeness (QED) is 0.866. The fraction of sp³-hybridized carbons (Fsp3) is 0.182. The van der Waals surface area contributed by atoms with E-state index in [1.54, 1.807) is 24.3 Å². The summed E-state index contributed by atoms with van der Waals surface area (Å²) in [5.74, 6) is -0.463. The van der Waals surface area contributed by atoms with Crippen LogP contribution < -0.4 is 5.32 Å². The molecule has 0 spiro atoms. The second-order valence-electron chi connectivity index (χ2n) is 3.40. The number of hydrogen-bond donors (Lipinski definition) is 2. The Morgan fingerprint density at radius 1 is 1.44 bits per heavy atom. The number of aliphatic hydroxyl groups excluding tert-OH is 1. The van der Waals surface area contributed by atoms with Gasteiger partial charge in [-0.1, -0.05) is 17.7 Å². The van der Waals surface area contributed by atoms with Gasteiger partial charge in [-0.25, -0.2) is 0 Å². The monoisotopic (exact) mass is 267 g/mol. The average molecular weight is 268 g/mol. The number of amides is 1. The molecule has 0 saturated heterocycles. The maximum Gasteiger partial charge on any atom is 0.308 e. The van der Waals surface area contributed by atoms with E-state index in [0.29, 0.717) is 10.6 Å². The molecule has 7 heteroatoms. The lowest BCUT2D eigenvalue weighted by Crippen LogP contribution is -2.26. The zero-order valence-electron chi connectivity index (χ0n) is 9.26. The largest absolute Gasteiger partial charge is 0.412 e. The third-order valence-corrected chi connectivity index (χ3v) is 2.32. The highest BCUT2D eigenvalue weighted by Gasteiger charge is 2.15. The number of hydrogen-bond acceptors (Lipinski definition) is 5. The topological polar surface area (TPSA) is 88.2 Å². The van der Waals surface area contributed by atoms with Crippen LogP contribution in [0.4, 0.5) is 0 Å². The first-order valence-electron chi connectivity index (χ1n) is 5.19. The molecule has 0 fully saturated rings. The van der Waals surface area contributed by atoms with E-state index in [2.05, 4.69) is 15.5 Å². The van der Waals surface area contributed by atoms with Crippen molar-refractivity contribution in [2.45, 2.75) is 0 Å². The Balaban J connectivity index is 2.17. The van der Waals surface area contributed by atoms with Crippen molar-refractivity contribution in [1.29, 1.82) is 0 Å². The second kappa shape index (κ2) is 5.61. The van der Waals surface area contributed by atoms with Crippen molar-refractivity contribution in [1.82, 2.24) is 15.5 Å². The van der Waals surface area contributed by atoms with Crippen molar-refractivity contribution < 1.29 is 14.3 Å². The minimum Gasteiger partial charge on any atom is -0.412 e. The molecule has 2 rings (SSSR count). The lowest BCUT2D eigenvalue weighted by atomic mass is 10.2. The smallest absolute Gasteiger partial charge is 0.308 e. The molecule has 0 aliphatic heterocycles. The van der Waals surface area contributed by atoms with Crippen molar-refractivity contribution in [3.63, 3.8) is 0 Å². The summed E-state index contributed by atoms with van der Waals surface area (Å²) < 4.78 is 5.21. The summed E-state index contributed by atoms with van der Waals surface area (Å²) in [6.07, 6.45) is 0. The zero-order chi connectivity index (χ0) is 13.0. The van der Waals surface area contributed by atoms with Crippen molar-refractivity contribution >= 4 is 17.5 Å². The Kier molecular flexibility index (Phi) is 3.91. The minimum absolute atomic E-state index is 0.133. The highest BCUT2D eigenvalue weighted by Crippen LogP contribution is 2.21. The standard InChI is InChI=1S/C11H10ClN3O3/c12-8-3-1-2-7(6-8)10-14-15-11(18-10)9(17)13-4-5-16/h1-3,6,16H,4-5H2,(H,13,17).